The van der Waals surface area contributed by atoms with Crippen molar-refractivity contribution in [1.29, 1.82) is 0 Å². The Morgan fingerprint density at radius 2 is 2.17 bits per heavy atom. The van der Waals surface area contributed by atoms with E-state index in [2.05, 4.69) is 20.3 Å². The Labute approximate surface area is 110 Å². The van der Waals surface area contributed by atoms with Crippen molar-refractivity contribution in [2.24, 2.45) is 10.7 Å². The molecule has 1 rings (SSSR count). The van der Waals surface area contributed by atoms with Crippen molar-refractivity contribution in [1.82, 2.24) is 15.3 Å². The van der Waals surface area contributed by atoms with Crippen LogP contribution in [0.2, 0.25) is 5.15 Å². The Balaban J connectivity index is 2.88. The fraction of sp³-hybridized carbons (Fsp3) is 0.400. The van der Waals surface area contributed by atoms with Gasteiger partial charge in [0.1, 0.15) is 0 Å². The van der Waals surface area contributed by atoms with Crippen LogP contribution < -0.4 is 16.8 Å². The summed E-state index contributed by atoms with van der Waals surface area (Å²) in [5.74, 6) is -0.573. The predicted molar refractivity (Wildman–Crippen MR) is 70.4 cm³/mol. The van der Waals surface area contributed by atoms with Crippen LogP contribution in [0.4, 0.5) is 5.82 Å². The first kappa shape index (κ1) is 14.2. The fourth-order valence-corrected chi connectivity index (χ4v) is 1.26. The topological polar surface area (TPSA) is 119 Å². The molecule has 7 nitrogen and oxygen atoms in total. The molecule has 5 N–H and O–H groups in total. The first-order valence-corrected chi connectivity index (χ1v) is 5.74. The molecule has 0 aliphatic rings. The monoisotopic (exact) mass is 270 g/mol. The lowest BCUT2D eigenvalue weighted by Crippen LogP contribution is -2.38. The van der Waals surface area contributed by atoms with Crippen molar-refractivity contribution in [3.8, 4) is 0 Å². The summed E-state index contributed by atoms with van der Waals surface area (Å²) in [6.07, 6.45) is 0.828. The van der Waals surface area contributed by atoms with Crippen LogP contribution >= 0.6 is 11.6 Å². The number of nitrogen functional groups attached to an aromatic ring is 1. The summed E-state index contributed by atoms with van der Waals surface area (Å²) in [5, 5.41) is 2.49. The van der Waals surface area contributed by atoms with E-state index in [1.807, 2.05) is 6.92 Å². The quantitative estimate of drug-likeness (QED) is 0.545. The molecule has 18 heavy (non-hydrogen) atoms. The minimum Gasteiger partial charge on any atom is -0.382 e. The van der Waals surface area contributed by atoms with Crippen molar-refractivity contribution in [2.45, 2.75) is 20.3 Å². The number of guanidine groups is 1. The summed E-state index contributed by atoms with van der Waals surface area (Å²) in [6, 6.07) is 0. The van der Waals surface area contributed by atoms with E-state index < -0.39 is 5.91 Å². The molecule has 1 heterocycles. The van der Waals surface area contributed by atoms with E-state index in [0.29, 0.717) is 12.2 Å². The number of aryl methyl sites for hydroxylation is 1. The summed E-state index contributed by atoms with van der Waals surface area (Å²) >= 11 is 5.78. The molecule has 0 spiro atoms. The highest BCUT2D eigenvalue weighted by molar-refractivity contribution is 6.30. The summed E-state index contributed by atoms with van der Waals surface area (Å²) in [5.41, 5.74) is 11.5. The highest BCUT2D eigenvalue weighted by Crippen LogP contribution is 2.14. The number of nitrogens with two attached hydrogens (primary N) is 2. The zero-order valence-electron chi connectivity index (χ0n) is 10.2. The first-order chi connectivity index (χ1) is 8.45. The maximum absolute atomic E-state index is 11.8. The summed E-state index contributed by atoms with van der Waals surface area (Å²) in [6.45, 7) is 4.12. The average Bonchev–Trinajstić information content (AvgIpc) is 2.31. The number of nitrogens with one attached hydrogen (secondary N) is 1. The van der Waals surface area contributed by atoms with Gasteiger partial charge in [0, 0.05) is 6.54 Å². The van der Waals surface area contributed by atoms with Crippen LogP contribution in [0, 0.1) is 6.92 Å². The van der Waals surface area contributed by atoms with Crippen molar-refractivity contribution < 1.29 is 4.79 Å². The van der Waals surface area contributed by atoms with Gasteiger partial charge in [0.25, 0.3) is 5.91 Å². The lowest BCUT2D eigenvalue weighted by molar-refractivity contribution is 0.0972. The molecule has 0 saturated heterocycles. The van der Waals surface area contributed by atoms with Gasteiger partial charge in [-0.05, 0) is 13.3 Å². The summed E-state index contributed by atoms with van der Waals surface area (Å²) in [4.78, 5) is 23.5. The van der Waals surface area contributed by atoms with Crippen molar-refractivity contribution in [3.05, 3.63) is 16.5 Å². The van der Waals surface area contributed by atoms with Gasteiger partial charge in [-0.25, -0.2) is 9.97 Å². The average molecular weight is 271 g/mol. The molecule has 1 aromatic heterocycles. The second kappa shape index (κ2) is 6.15. The van der Waals surface area contributed by atoms with E-state index in [1.165, 1.54) is 0 Å². The lowest BCUT2D eigenvalue weighted by Gasteiger charge is -2.07. The van der Waals surface area contributed by atoms with Gasteiger partial charge >= 0.3 is 0 Å². The molecule has 0 radical (unpaired) electrons. The van der Waals surface area contributed by atoms with Gasteiger partial charge in [-0.2, -0.15) is 0 Å². The normalized spacial score (nSPS) is 11.4. The Bertz CT molecular complexity index is 488. The molecule has 0 atom stereocenters. The number of aromatic nitrogens is 2. The van der Waals surface area contributed by atoms with Crippen LogP contribution in [0.5, 0.6) is 0 Å². The molecule has 98 valence electrons. The van der Waals surface area contributed by atoms with Crippen molar-refractivity contribution in [3.63, 3.8) is 0 Å². The summed E-state index contributed by atoms with van der Waals surface area (Å²) < 4.78 is 0. The van der Waals surface area contributed by atoms with E-state index in [0.717, 1.165) is 6.42 Å². The number of halogens is 1. The minimum absolute atomic E-state index is 0.00214. The van der Waals surface area contributed by atoms with Gasteiger partial charge in [-0.15, -0.1) is 0 Å². The molecule has 0 aliphatic heterocycles. The molecular weight excluding hydrogens is 256 g/mol. The van der Waals surface area contributed by atoms with Gasteiger partial charge in [0.15, 0.2) is 22.6 Å². The van der Waals surface area contributed by atoms with E-state index in [-0.39, 0.29) is 22.6 Å². The predicted octanol–water partition coefficient (Wildman–Crippen LogP) is 0.475. The second-order valence-corrected chi connectivity index (χ2v) is 3.91. The molecule has 0 unspecified atom stereocenters. The smallest absolute Gasteiger partial charge is 0.280 e. The first-order valence-electron chi connectivity index (χ1n) is 5.36. The van der Waals surface area contributed by atoms with Crippen molar-refractivity contribution >= 4 is 29.3 Å². The molecule has 0 aliphatic carbocycles. The van der Waals surface area contributed by atoms with Crippen molar-refractivity contribution in [2.75, 3.05) is 12.3 Å². The fourth-order valence-electron chi connectivity index (χ4n) is 1.13. The SMILES string of the molecule is CCCN=C(N)NC(=O)c1nc(Cl)c(C)nc1N. The molecule has 1 amide bonds. The van der Waals surface area contributed by atoms with E-state index in [4.69, 9.17) is 23.1 Å². The lowest BCUT2D eigenvalue weighted by atomic mass is 10.3. The standard InChI is InChI=1S/C10H15ClN6O/c1-3-4-14-10(13)17-9(18)6-8(12)15-5(2)7(11)16-6/h3-4H2,1-2H3,(H2,12,15)(H3,13,14,17,18). The number of hydrogen-bond donors (Lipinski definition) is 3. The Morgan fingerprint density at radius 3 is 2.78 bits per heavy atom. The Morgan fingerprint density at radius 1 is 1.50 bits per heavy atom. The van der Waals surface area contributed by atoms with E-state index in [1.54, 1.807) is 6.92 Å². The molecule has 8 heteroatoms. The highest BCUT2D eigenvalue weighted by Gasteiger charge is 2.16. The van der Waals surface area contributed by atoms with E-state index in [9.17, 15) is 4.79 Å². The number of hydrogen-bond acceptors (Lipinski definition) is 5. The number of anilines is 1. The number of aliphatic imine (C=N–C) groups is 1. The highest BCUT2D eigenvalue weighted by atomic mass is 35.5. The van der Waals surface area contributed by atoms with Gasteiger partial charge in [0.05, 0.1) is 5.69 Å². The Hall–Kier alpha value is -1.89. The zero-order valence-corrected chi connectivity index (χ0v) is 11.0. The minimum atomic E-state index is -0.584. The van der Waals surface area contributed by atoms with E-state index >= 15 is 0 Å². The molecule has 0 fully saturated rings. The maximum atomic E-state index is 11.8. The second-order valence-electron chi connectivity index (χ2n) is 3.55. The maximum Gasteiger partial charge on any atom is 0.280 e. The number of amides is 1. The van der Waals surface area contributed by atoms with Gasteiger partial charge in [-0.3, -0.25) is 15.1 Å². The summed E-state index contributed by atoms with van der Waals surface area (Å²) in [7, 11) is 0. The van der Waals surface area contributed by atoms with Crippen LogP contribution in [0.3, 0.4) is 0 Å². The van der Waals surface area contributed by atoms with Gasteiger partial charge in [0.2, 0.25) is 0 Å². The van der Waals surface area contributed by atoms with Gasteiger partial charge < -0.3 is 11.5 Å². The number of carbonyl (C=O) groups is 1. The molecular formula is C10H15ClN6O. The third-order valence-electron chi connectivity index (χ3n) is 2.00. The molecule has 0 saturated carbocycles. The van der Waals surface area contributed by atoms with Crippen LogP contribution in [0.25, 0.3) is 0 Å². The zero-order chi connectivity index (χ0) is 13.7. The number of rotatable bonds is 3. The Kier molecular flexibility index (Phi) is 4.85. The van der Waals surface area contributed by atoms with Crippen LogP contribution in [0.15, 0.2) is 4.99 Å². The van der Waals surface area contributed by atoms with Gasteiger partial charge in [-0.1, -0.05) is 18.5 Å². The number of nitrogens with zero attached hydrogens (tertiary/aromatic N) is 3. The van der Waals surface area contributed by atoms with Crippen LogP contribution in [-0.2, 0) is 0 Å². The third-order valence-corrected chi connectivity index (χ3v) is 2.36. The number of carbonyl (C=O) groups excluding carboxylic acids is 1. The third kappa shape index (κ3) is 3.56. The van der Waals surface area contributed by atoms with Crippen LogP contribution in [0.1, 0.15) is 29.5 Å². The largest absolute Gasteiger partial charge is 0.382 e. The van der Waals surface area contributed by atoms with Crippen LogP contribution in [-0.4, -0.2) is 28.4 Å². The molecule has 0 aromatic carbocycles. The molecule has 1 aromatic rings. The molecule has 0 bridgehead atoms.